The Morgan fingerprint density at radius 3 is 1.11 bits per heavy atom. The smallest absolute Gasteiger partial charge is 0.394 e. The average molecular weight is 2120 g/mol. The molecule has 0 unspecified atom stereocenters. The van der Waals surface area contributed by atoms with Gasteiger partial charge in [-0.2, -0.15) is 75.2 Å². The second-order valence-corrected chi connectivity index (χ2v) is 41.8. The lowest BCUT2D eigenvalue weighted by Gasteiger charge is -2.12. The second-order valence-electron chi connectivity index (χ2n) is 36.4. The number of aliphatic hydroxyl groups excluding tert-OH is 1. The van der Waals surface area contributed by atoms with Crippen LogP contribution in [0.3, 0.4) is 0 Å². The Labute approximate surface area is 864 Å². The van der Waals surface area contributed by atoms with Crippen LogP contribution in [0.2, 0.25) is 0 Å². The summed E-state index contributed by atoms with van der Waals surface area (Å²) in [6.07, 6.45) is -10.7. The molecule has 0 aliphatic carbocycles. The number of nitrogens with zero attached hydrogens (tertiary/aromatic N) is 22. The number of rotatable bonds is 26. The molecular weight excluding hydrogens is 1990 g/mol. The number of H-pyrrole nitrogens is 1. The van der Waals surface area contributed by atoms with E-state index >= 15 is 0 Å². The van der Waals surface area contributed by atoms with Crippen molar-refractivity contribution in [3.63, 3.8) is 0 Å². The third-order valence-corrected chi connectivity index (χ3v) is 26.9. The fourth-order valence-electron chi connectivity index (χ4n) is 13.7. The van der Waals surface area contributed by atoms with Crippen molar-refractivity contribution in [2.45, 2.75) is 177 Å². The highest BCUT2D eigenvalue weighted by Crippen LogP contribution is 2.40. The van der Waals surface area contributed by atoms with Gasteiger partial charge in [-0.15, -0.1) is 56.7 Å². The van der Waals surface area contributed by atoms with Crippen molar-refractivity contribution in [3.8, 4) is 75.4 Å². The Balaban J connectivity index is 0.000000208. The van der Waals surface area contributed by atoms with Gasteiger partial charge in [-0.3, -0.25) is 76.7 Å². The summed E-state index contributed by atoms with van der Waals surface area (Å²) >= 11 is 7.52. The number of aryl methyl sites for hydroxylation is 4. The van der Waals surface area contributed by atoms with E-state index in [2.05, 4.69) is 165 Å². The molecule has 0 aliphatic rings. The van der Waals surface area contributed by atoms with Crippen LogP contribution >= 0.6 is 56.7 Å². The third-order valence-electron chi connectivity index (χ3n) is 21.5. The highest BCUT2D eigenvalue weighted by atomic mass is 32.1. The fourth-order valence-corrected chi connectivity index (χ4v) is 18.7. The quantitative estimate of drug-likeness (QED) is 0.0476. The maximum absolute atomic E-state index is 13.0. The minimum atomic E-state index is -4.90. The van der Waals surface area contributed by atoms with Gasteiger partial charge in [0.05, 0.1) is 96.1 Å². The topological polar surface area (TPSA) is 324 Å². The molecule has 14 aromatic rings. The molecule has 2 N–H and O–H groups in total. The van der Waals surface area contributed by atoms with E-state index in [9.17, 15) is 73.1 Å². The van der Waals surface area contributed by atoms with Crippen LogP contribution in [0.1, 0.15) is 235 Å². The molecule has 14 heterocycles. The number of nitrogens with one attached hydrogen (secondary N) is 1. The van der Waals surface area contributed by atoms with Crippen LogP contribution in [-0.4, -0.2) is 271 Å². The van der Waals surface area contributed by atoms with Crippen molar-refractivity contribution in [2.75, 3.05) is 105 Å². The summed E-state index contributed by atoms with van der Waals surface area (Å²) in [6, 6.07) is 36.4. The lowest BCUT2D eigenvalue weighted by atomic mass is 10.1. The lowest BCUT2D eigenvalue weighted by molar-refractivity contribution is -0.148. The maximum atomic E-state index is 13.0. The van der Waals surface area contributed by atoms with Crippen LogP contribution in [0.25, 0.3) is 75.4 Å². The first-order valence-electron chi connectivity index (χ1n) is 46.6. The Morgan fingerprint density at radius 2 is 0.747 bits per heavy atom. The molecule has 0 fully saturated rings. The van der Waals surface area contributed by atoms with Crippen molar-refractivity contribution >= 4 is 98.0 Å². The van der Waals surface area contributed by atoms with Crippen LogP contribution in [0.5, 0.6) is 0 Å². The van der Waals surface area contributed by atoms with E-state index < -0.39 is 54.7 Å². The zero-order valence-corrected chi connectivity index (χ0v) is 91.3. The molecule has 31 nitrogen and oxygen atoms in total. The predicted molar refractivity (Wildman–Crippen MR) is 557 cm³/mol. The zero-order chi connectivity index (χ0) is 109. The van der Waals surface area contributed by atoms with Crippen LogP contribution in [-0.2, 0) is 52.1 Å². The molecule has 0 aromatic carbocycles. The van der Waals surface area contributed by atoms with E-state index in [1.54, 1.807) is 109 Å². The number of aromatic nitrogens is 16. The molecule has 788 valence electrons. The molecule has 14 aromatic heterocycles. The fraction of sp³-hybridized carbons (Fsp3) is 0.426. The molecule has 0 spiro atoms. The Bertz CT molecular complexity index is 6710. The van der Waals surface area contributed by atoms with Gasteiger partial charge in [0, 0.05) is 166 Å². The normalized spacial score (nSPS) is 11.4. The summed E-state index contributed by atoms with van der Waals surface area (Å²) in [5.74, 6) is 1.43. The first-order chi connectivity index (χ1) is 68.3. The standard InChI is InChI=1S/C16H23N3OS.2C15H21N3OS.C14H12F6N4O.C14H15F3N4O2.C14H19N3OS.C13H17N3OS/c1-6-9-19-13(10-12(17-19)11(2)3)14-7-8-15(21-14)16(20)18(4)5;1-6-18-12(10(2)3)9-11(16-18)13-7-8-14(20-13)15(19)17(4)5;1-6-18-12(9-11(16-18)10(2)3)13-7-8-14(20-13)15(19)17(4)5;1-23(2)12(25)9-5-8(3-4-21-9)10-6-11(14(18,19)20)22-24(10)7-13(15,16)17;1-20(2)13(23)11-7-9(3-4-18-11)10-8-12(14(15,16)17)21(19-10)5-6-22;1-9(2)11-8-10(15-17(11)5)12-6-7-13(19-12)14(18)16(3)4;1-8(2)9-7-10(15-14-9)11-5-6-12(18-11)13(17)16(3)4/h7-8,10-11H,6,9H2,1-5H3;2*7-10H,6H2,1-5H3;3-6H,7H2,1-2H3;3-4,7-8,22H,5-6H2,1-2H3;6-9H,1-5H3;5-8H,1-4H3,(H,14,15). The number of thiophene rings is 5. The summed E-state index contributed by atoms with van der Waals surface area (Å²) < 4.78 is 124. The van der Waals surface area contributed by atoms with E-state index in [-0.39, 0.29) is 69.3 Å². The van der Waals surface area contributed by atoms with Crippen LogP contribution in [0.15, 0.2) is 140 Å². The molecule has 0 atom stereocenters. The molecular formula is C101H128F9N23O8S5. The number of pyridine rings is 2. The molecule has 146 heavy (non-hydrogen) atoms. The minimum Gasteiger partial charge on any atom is -0.394 e. The largest absolute Gasteiger partial charge is 0.435 e. The molecule has 0 saturated heterocycles. The van der Waals surface area contributed by atoms with Crippen molar-refractivity contribution in [1.82, 2.24) is 113 Å². The Hall–Kier alpha value is -13.1. The number of hydrogen-bond acceptors (Lipinski definition) is 22. The number of hydrogen-bond donors (Lipinski definition) is 2. The second kappa shape index (κ2) is 51.8. The number of aromatic amines is 1. The van der Waals surface area contributed by atoms with E-state index in [1.807, 2.05) is 87.8 Å². The van der Waals surface area contributed by atoms with Gasteiger partial charge in [0.1, 0.15) is 40.7 Å². The van der Waals surface area contributed by atoms with Gasteiger partial charge in [-0.1, -0.05) is 76.2 Å². The zero-order valence-electron chi connectivity index (χ0n) is 87.2. The average Bonchev–Trinajstić information content (AvgIpc) is 1.64. The first kappa shape index (κ1) is 118. The molecule has 0 aliphatic heterocycles. The van der Waals surface area contributed by atoms with Gasteiger partial charge < -0.3 is 39.4 Å². The van der Waals surface area contributed by atoms with Crippen LogP contribution in [0.4, 0.5) is 39.5 Å². The van der Waals surface area contributed by atoms with E-state index in [0.717, 1.165) is 139 Å². The maximum Gasteiger partial charge on any atom is 0.435 e. The Kier molecular flexibility index (Phi) is 41.9. The number of halogens is 9. The monoisotopic (exact) mass is 2120 g/mol. The Morgan fingerprint density at radius 1 is 0.363 bits per heavy atom. The molecule has 45 heteroatoms. The first-order valence-corrected chi connectivity index (χ1v) is 50.7. The predicted octanol–water partition coefficient (Wildman–Crippen LogP) is 21.6. The van der Waals surface area contributed by atoms with Crippen molar-refractivity contribution < 1.29 is 78.2 Å². The number of alkyl halides is 9. The number of amides is 7. The van der Waals surface area contributed by atoms with Crippen molar-refractivity contribution in [2.24, 2.45) is 7.05 Å². The number of carbonyl (C=O) groups is 7. The summed E-state index contributed by atoms with van der Waals surface area (Å²) in [5, 5.41) is 41.5. The molecule has 0 radical (unpaired) electrons. The molecule has 14 rings (SSSR count). The highest BCUT2D eigenvalue weighted by Gasteiger charge is 2.39. The van der Waals surface area contributed by atoms with Gasteiger partial charge in [0.2, 0.25) is 0 Å². The molecule has 0 saturated carbocycles. The van der Waals surface area contributed by atoms with Gasteiger partial charge in [-0.25, -0.2) is 0 Å². The van der Waals surface area contributed by atoms with Crippen molar-refractivity contribution in [3.05, 3.63) is 215 Å². The summed E-state index contributed by atoms with van der Waals surface area (Å²) in [4.78, 5) is 111. The minimum absolute atomic E-state index is 0.0332. The van der Waals surface area contributed by atoms with Gasteiger partial charge in [0.25, 0.3) is 41.4 Å². The lowest BCUT2D eigenvalue weighted by Crippen LogP contribution is -2.23. The van der Waals surface area contributed by atoms with Gasteiger partial charge in [0.15, 0.2) is 5.69 Å². The number of carbonyl (C=O) groups excluding carboxylic acids is 7. The molecule has 7 amide bonds. The summed E-state index contributed by atoms with van der Waals surface area (Å²) in [7, 11) is 25.6. The SMILES string of the molecule is CC(C)c1cc(-c2ccc(C(=O)N(C)C)s2)n[nH]1.CC(C)c1cc(-c2ccc(C(=O)N(C)C)s2)nn1C.CCCn1nc(C(C)C)cc1-c1ccc(C(=O)N(C)C)s1.CCn1nc(-c2ccc(C(=O)N(C)C)s2)cc1C(C)C.CCn1nc(C(C)C)cc1-c1ccc(C(=O)N(C)C)s1.CN(C)C(=O)c1cc(-c2cc(C(F)(F)F)n(CCO)n2)ccn1.CN(C)C(=O)c1cc(-c2cc(C(F)(F)F)nn2CC(F)(F)F)ccn1. The van der Waals surface area contributed by atoms with Gasteiger partial charge in [-0.05, 0) is 177 Å². The highest BCUT2D eigenvalue weighted by molar-refractivity contribution is 7.18. The molecule has 0 bridgehead atoms. The third kappa shape index (κ3) is 31.7. The van der Waals surface area contributed by atoms with Gasteiger partial charge >= 0.3 is 18.5 Å². The number of aliphatic hydroxyl groups is 1. The van der Waals surface area contributed by atoms with E-state index in [4.69, 9.17) is 10.2 Å². The summed E-state index contributed by atoms with van der Waals surface area (Å²) in [5.41, 5.74) is 8.27. The van der Waals surface area contributed by atoms with Crippen LogP contribution < -0.4 is 0 Å². The summed E-state index contributed by atoms with van der Waals surface area (Å²) in [6.45, 7) is 27.9. The van der Waals surface area contributed by atoms with Crippen molar-refractivity contribution in [1.29, 1.82) is 0 Å². The van der Waals surface area contributed by atoms with E-state index in [0.29, 0.717) is 45.9 Å². The van der Waals surface area contributed by atoms with Crippen LogP contribution in [0, 0.1) is 0 Å². The van der Waals surface area contributed by atoms with E-state index in [1.165, 1.54) is 116 Å².